The van der Waals surface area contributed by atoms with Gasteiger partial charge in [-0.1, -0.05) is 37.3 Å². The second kappa shape index (κ2) is 4.42. The number of hydrogen-bond acceptors (Lipinski definition) is 1. The molecule has 1 atom stereocenters. The highest BCUT2D eigenvalue weighted by Gasteiger charge is 2.40. The Kier molecular flexibility index (Phi) is 2.89. The zero-order chi connectivity index (χ0) is 12.6. The number of benzene rings is 1. The van der Waals surface area contributed by atoms with Gasteiger partial charge in [-0.15, -0.1) is 0 Å². The van der Waals surface area contributed by atoms with Crippen LogP contribution in [-0.2, 0) is 10.2 Å². The first-order chi connectivity index (χ1) is 8.69. The van der Waals surface area contributed by atoms with Gasteiger partial charge in [-0.25, -0.2) is 0 Å². The molecule has 0 unspecified atom stereocenters. The van der Waals surface area contributed by atoms with Crippen LogP contribution < -0.4 is 0 Å². The van der Waals surface area contributed by atoms with E-state index in [4.69, 9.17) is 0 Å². The van der Waals surface area contributed by atoms with Gasteiger partial charge in [0.25, 0.3) is 0 Å². The van der Waals surface area contributed by atoms with Crippen molar-refractivity contribution in [2.45, 2.75) is 50.5 Å². The van der Waals surface area contributed by atoms with Crippen molar-refractivity contribution in [2.24, 2.45) is 0 Å². The van der Waals surface area contributed by atoms with Crippen LogP contribution in [0, 0.1) is 0 Å². The number of amides is 1. The highest BCUT2D eigenvalue weighted by atomic mass is 16.2. The molecule has 1 saturated carbocycles. The van der Waals surface area contributed by atoms with Gasteiger partial charge in [0.1, 0.15) is 0 Å². The first-order valence-corrected chi connectivity index (χ1v) is 7.04. The first kappa shape index (κ1) is 11.8. The van der Waals surface area contributed by atoms with Crippen LogP contribution in [-0.4, -0.2) is 23.4 Å². The van der Waals surface area contributed by atoms with Crippen LogP contribution in [0.25, 0.3) is 0 Å². The lowest BCUT2D eigenvalue weighted by atomic mass is 9.74. The standard InChI is InChI=1S/C16H21NO/c1-16(13-6-3-2-4-7-13)11-10-15(18)17(12-16)14-8-5-9-14/h2-4,6-7,14H,5,8-12H2,1H3/t16-/m0/s1. The monoisotopic (exact) mass is 243 g/mol. The van der Waals surface area contributed by atoms with Crippen LogP contribution in [0.4, 0.5) is 0 Å². The highest BCUT2D eigenvalue weighted by Crippen LogP contribution is 2.37. The number of hydrogen-bond donors (Lipinski definition) is 0. The van der Waals surface area contributed by atoms with Gasteiger partial charge in [0.05, 0.1) is 0 Å². The number of likely N-dealkylation sites (tertiary alicyclic amines) is 1. The van der Waals surface area contributed by atoms with Gasteiger partial charge >= 0.3 is 0 Å². The predicted molar refractivity (Wildman–Crippen MR) is 72.4 cm³/mol. The fraction of sp³-hybridized carbons (Fsp3) is 0.562. The third-order valence-corrected chi connectivity index (χ3v) is 4.72. The van der Waals surface area contributed by atoms with E-state index < -0.39 is 0 Å². The molecule has 1 saturated heterocycles. The lowest BCUT2D eigenvalue weighted by Crippen LogP contribution is -2.53. The van der Waals surface area contributed by atoms with Crippen LogP contribution in [0.3, 0.4) is 0 Å². The van der Waals surface area contributed by atoms with E-state index in [-0.39, 0.29) is 5.41 Å². The summed E-state index contributed by atoms with van der Waals surface area (Å²) in [5, 5.41) is 0. The minimum Gasteiger partial charge on any atom is -0.339 e. The van der Waals surface area contributed by atoms with Gasteiger partial charge in [0.15, 0.2) is 0 Å². The SMILES string of the molecule is C[C@]1(c2ccccc2)CCC(=O)N(C2CCC2)C1. The molecule has 1 aromatic carbocycles. The molecule has 1 amide bonds. The highest BCUT2D eigenvalue weighted by molar-refractivity contribution is 5.78. The van der Waals surface area contributed by atoms with Crippen LogP contribution in [0.1, 0.15) is 44.6 Å². The Hall–Kier alpha value is -1.31. The second-order valence-electron chi connectivity index (χ2n) is 6.03. The van der Waals surface area contributed by atoms with Gasteiger partial charge in [0, 0.05) is 24.4 Å². The van der Waals surface area contributed by atoms with Crippen LogP contribution >= 0.6 is 0 Å². The summed E-state index contributed by atoms with van der Waals surface area (Å²) in [6.45, 7) is 3.21. The van der Waals surface area contributed by atoms with E-state index >= 15 is 0 Å². The maximum Gasteiger partial charge on any atom is 0.222 e. The fourth-order valence-corrected chi connectivity index (χ4v) is 3.18. The second-order valence-corrected chi connectivity index (χ2v) is 6.03. The smallest absolute Gasteiger partial charge is 0.222 e. The first-order valence-electron chi connectivity index (χ1n) is 7.04. The molecule has 2 aliphatic rings. The van der Waals surface area contributed by atoms with Gasteiger partial charge in [-0.05, 0) is 31.2 Å². The van der Waals surface area contributed by atoms with Gasteiger partial charge in [-0.3, -0.25) is 4.79 Å². The third-order valence-electron chi connectivity index (χ3n) is 4.72. The van der Waals surface area contributed by atoms with Gasteiger partial charge in [-0.2, -0.15) is 0 Å². The van der Waals surface area contributed by atoms with Crippen LogP contribution in [0.15, 0.2) is 30.3 Å². The third kappa shape index (κ3) is 1.94. The van der Waals surface area contributed by atoms with Crippen molar-refractivity contribution in [3.05, 3.63) is 35.9 Å². The predicted octanol–water partition coefficient (Wildman–Crippen LogP) is 3.12. The molecule has 0 N–H and O–H groups in total. The van der Waals surface area contributed by atoms with Crippen LogP contribution in [0.2, 0.25) is 0 Å². The number of nitrogens with zero attached hydrogens (tertiary/aromatic N) is 1. The van der Waals surface area contributed by atoms with Crippen molar-refractivity contribution >= 4 is 5.91 Å². The molecular weight excluding hydrogens is 222 g/mol. The average molecular weight is 243 g/mol. The molecule has 1 heterocycles. The molecule has 96 valence electrons. The minimum atomic E-state index is 0.144. The van der Waals surface area contributed by atoms with E-state index in [0.717, 1.165) is 13.0 Å². The summed E-state index contributed by atoms with van der Waals surface area (Å²) in [7, 11) is 0. The Morgan fingerprint density at radius 1 is 1.22 bits per heavy atom. The summed E-state index contributed by atoms with van der Waals surface area (Å²) < 4.78 is 0. The molecule has 2 nitrogen and oxygen atoms in total. The molecular formula is C16H21NO. The summed E-state index contributed by atoms with van der Waals surface area (Å²) in [6.07, 6.45) is 5.39. The summed E-state index contributed by atoms with van der Waals surface area (Å²) in [5.41, 5.74) is 1.52. The van der Waals surface area contributed by atoms with E-state index in [1.165, 1.54) is 24.8 Å². The molecule has 0 bridgehead atoms. The summed E-state index contributed by atoms with van der Waals surface area (Å²) in [4.78, 5) is 14.2. The number of piperidine rings is 1. The van der Waals surface area contributed by atoms with E-state index in [9.17, 15) is 4.79 Å². The lowest BCUT2D eigenvalue weighted by molar-refractivity contribution is -0.140. The topological polar surface area (TPSA) is 20.3 Å². The Bertz CT molecular complexity index is 438. The van der Waals surface area contributed by atoms with E-state index in [1.54, 1.807) is 0 Å². The molecule has 2 heteroatoms. The minimum absolute atomic E-state index is 0.144. The molecule has 18 heavy (non-hydrogen) atoms. The van der Waals surface area contributed by atoms with Gasteiger partial charge in [0.2, 0.25) is 5.91 Å². The van der Waals surface area contributed by atoms with Crippen molar-refractivity contribution in [1.82, 2.24) is 4.90 Å². The molecule has 1 aromatic rings. The lowest BCUT2D eigenvalue weighted by Gasteiger charge is -2.47. The summed E-state index contributed by atoms with van der Waals surface area (Å²) in [6, 6.07) is 11.2. The molecule has 0 aromatic heterocycles. The van der Waals surface area contributed by atoms with Crippen LogP contribution in [0.5, 0.6) is 0 Å². The Labute approximate surface area is 109 Å². The van der Waals surface area contributed by atoms with E-state index in [2.05, 4.69) is 42.2 Å². The zero-order valence-electron chi connectivity index (χ0n) is 11.1. The number of rotatable bonds is 2. The van der Waals surface area contributed by atoms with Crippen molar-refractivity contribution in [1.29, 1.82) is 0 Å². The molecule has 2 fully saturated rings. The normalized spacial score (nSPS) is 29.2. The molecule has 0 spiro atoms. The maximum absolute atomic E-state index is 12.1. The number of carbonyl (C=O) groups is 1. The molecule has 3 rings (SSSR count). The largest absolute Gasteiger partial charge is 0.339 e. The summed E-state index contributed by atoms with van der Waals surface area (Å²) >= 11 is 0. The number of carbonyl (C=O) groups excluding carboxylic acids is 1. The molecule has 0 radical (unpaired) electrons. The van der Waals surface area contributed by atoms with Gasteiger partial charge < -0.3 is 4.90 Å². The fourth-order valence-electron chi connectivity index (χ4n) is 3.18. The average Bonchev–Trinajstić information content (AvgIpc) is 2.33. The zero-order valence-corrected chi connectivity index (χ0v) is 11.1. The molecule has 1 aliphatic heterocycles. The van der Waals surface area contributed by atoms with Crippen molar-refractivity contribution in [3.63, 3.8) is 0 Å². The maximum atomic E-state index is 12.1. The van der Waals surface area contributed by atoms with E-state index in [1.807, 2.05) is 0 Å². The van der Waals surface area contributed by atoms with Crippen molar-refractivity contribution in [2.75, 3.05) is 6.54 Å². The van der Waals surface area contributed by atoms with Crippen molar-refractivity contribution < 1.29 is 4.79 Å². The summed E-state index contributed by atoms with van der Waals surface area (Å²) in [5.74, 6) is 0.369. The quantitative estimate of drug-likeness (QED) is 0.781. The van der Waals surface area contributed by atoms with Crippen molar-refractivity contribution in [3.8, 4) is 0 Å². The molecule has 1 aliphatic carbocycles. The Morgan fingerprint density at radius 2 is 1.94 bits per heavy atom. The Morgan fingerprint density at radius 3 is 2.56 bits per heavy atom. The van der Waals surface area contributed by atoms with E-state index in [0.29, 0.717) is 18.4 Å². The Balaban J connectivity index is 1.83.